The SMILES string of the molecule is CC=CCCC1CCC(C2CCC(c3ccc(-c4ccc(OCCC)c(F)c4F)cc3)OC2)CC1. The van der Waals surface area contributed by atoms with Crippen LogP contribution in [0.25, 0.3) is 11.1 Å². The topological polar surface area (TPSA) is 18.5 Å². The van der Waals surface area contributed by atoms with Crippen LogP contribution in [0.1, 0.15) is 83.3 Å². The average molecular weight is 483 g/mol. The largest absolute Gasteiger partial charge is 0.490 e. The normalized spacial score (nSPS) is 25.1. The average Bonchev–Trinajstić information content (AvgIpc) is 2.90. The summed E-state index contributed by atoms with van der Waals surface area (Å²) in [6, 6.07) is 10.8. The van der Waals surface area contributed by atoms with Gasteiger partial charge in [0, 0.05) is 5.56 Å². The van der Waals surface area contributed by atoms with Crippen molar-refractivity contribution in [2.45, 2.75) is 77.7 Å². The highest BCUT2D eigenvalue weighted by atomic mass is 19.2. The van der Waals surface area contributed by atoms with Crippen LogP contribution < -0.4 is 4.74 Å². The summed E-state index contributed by atoms with van der Waals surface area (Å²) in [5, 5.41) is 0. The van der Waals surface area contributed by atoms with Crippen LogP contribution in [0.2, 0.25) is 0 Å². The molecule has 0 aromatic heterocycles. The highest BCUT2D eigenvalue weighted by molar-refractivity contribution is 5.65. The fraction of sp³-hybridized carbons (Fsp3) is 0.548. The molecule has 35 heavy (non-hydrogen) atoms. The summed E-state index contributed by atoms with van der Waals surface area (Å²) in [5.41, 5.74) is 2.03. The summed E-state index contributed by atoms with van der Waals surface area (Å²) < 4.78 is 40.7. The fourth-order valence-corrected chi connectivity index (χ4v) is 5.81. The van der Waals surface area contributed by atoms with E-state index in [-0.39, 0.29) is 17.4 Å². The highest BCUT2D eigenvalue weighted by Crippen LogP contribution is 2.41. The van der Waals surface area contributed by atoms with Gasteiger partial charge in [-0.15, -0.1) is 0 Å². The number of rotatable bonds is 9. The second-order valence-electron chi connectivity index (χ2n) is 10.3. The minimum atomic E-state index is -0.923. The van der Waals surface area contributed by atoms with Crippen molar-refractivity contribution in [3.63, 3.8) is 0 Å². The van der Waals surface area contributed by atoms with E-state index in [0.717, 1.165) is 36.8 Å². The molecule has 4 rings (SSSR count). The van der Waals surface area contributed by atoms with Crippen LogP contribution in [0.4, 0.5) is 8.78 Å². The number of hydrogen-bond donors (Lipinski definition) is 0. The van der Waals surface area contributed by atoms with E-state index in [9.17, 15) is 8.78 Å². The lowest BCUT2D eigenvalue weighted by Gasteiger charge is -2.38. The maximum atomic E-state index is 14.7. The number of ether oxygens (including phenoxy) is 2. The quantitative estimate of drug-likeness (QED) is 0.332. The number of benzene rings is 2. The van der Waals surface area contributed by atoms with Gasteiger partial charge in [0.05, 0.1) is 19.3 Å². The monoisotopic (exact) mass is 482 g/mol. The van der Waals surface area contributed by atoms with Gasteiger partial charge in [-0.3, -0.25) is 0 Å². The van der Waals surface area contributed by atoms with E-state index in [4.69, 9.17) is 9.47 Å². The number of allylic oxidation sites excluding steroid dienone is 2. The van der Waals surface area contributed by atoms with Crippen LogP contribution in [-0.2, 0) is 4.74 Å². The second-order valence-corrected chi connectivity index (χ2v) is 10.3. The van der Waals surface area contributed by atoms with Crippen molar-refractivity contribution >= 4 is 0 Å². The maximum absolute atomic E-state index is 14.7. The minimum absolute atomic E-state index is 0.0305. The zero-order valence-corrected chi connectivity index (χ0v) is 21.3. The van der Waals surface area contributed by atoms with E-state index in [1.54, 1.807) is 6.07 Å². The van der Waals surface area contributed by atoms with Crippen molar-refractivity contribution in [3.05, 3.63) is 65.7 Å². The smallest absolute Gasteiger partial charge is 0.201 e. The van der Waals surface area contributed by atoms with E-state index in [1.807, 2.05) is 31.2 Å². The van der Waals surface area contributed by atoms with Gasteiger partial charge in [-0.1, -0.05) is 56.2 Å². The number of halogens is 2. The molecule has 0 bridgehead atoms. The molecule has 2 unspecified atom stereocenters. The first-order chi connectivity index (χ1) is 17.1. The zero-order valence-electron chi connectivity index (χ0n) is 21.3. The molecule has 0 N–H and O–H groups in total. The van der Waals surface area contributed by atoms with Crippen LogP contribution >= 0.6 is 0 Å². The Morgan fingerprint density at radius 2 is 1.66 bits per heavy atom. The first-order valence-corrected chi connectivity index (χ1v) is 13.5. The van der Waals surface area contributed by atoms with Crippen LogP contribution in [0.5, 0.6) is 5.75 Å². The summed E-state index contributed by atoms with van der Waals surface area (Å²) in [6.45, 7) is 5.23. The van der Waals surface area contributed by atoms with Crippen molar-refractivity contribution in [1.82, 2.24) is 0 Å². The Kier molecular flexibility index (Phi) is 9.37. The van der Waals surface area contributed by atoms with E-state index in [2.05, 4.69) is 19.1 Å². The lowest BCUT2D eigenvalue weighted by molar-refractivity contribution is -0.0404. The van der Waals surface area contributed by atoms with Gasteiger partial charge in [0.25, 0.3) is 0 Å². The van der Waals surface area contributed by atoms with Crippen molar-refractivity contribution in [2.75, 3.05) is 13.2 Å². The molecule has 0 radical (unpaired) electrons. The molecule has 1 aliphatic heterocycles. The molecule has 4 heteroatoms. The van der Waals surface area contributed by atoms with Gasteiger partial charge in [-0.25, -0.2) is 4.39 Å². The predicted molar refractivity (Wildman–Crippen MR) is 138 cm³/mol. The third kappa shape index (κ3) is 6.52. The van der Waals surface area contributed by atoms with E-state index >= 15 is 0 Å². The fourth-order valence-electron chi connectivity index (χ4n) is 5.81. The van der Waals surface area contributed by atoms with Crippen molar-refractivity contribution < 1.29 is 18.3 Å². The van der Waals surface area contributed by atoms with E-state index in [1.165, 1.54) is 51.0 Å². The predicted octanol–water partition coefficient (Wildman–Crippen LogP) is 9.05. The maximum Gasteiger partial charge on any atom is 0.201 e. The van der Waals surface area contributed by atoms with Gasteiger partial charge in [0.15, 0.2) is 11.6 Å². The molecule has 1 saturated carbocycles. The Morgan fingerprint density at radius 3 is 2.31 bits per heavy atom. The second kappa shape index (κ2) is 12.7. The van der Waals surface area contributed by atoms with Gasteiger partial charge in [0.2, 0.25) is 5.82 Å². The van der Waals surface area contributed by atoms with Crippen LogP contribution in [0, 0.1) is 29.4 Å². The Balaban J connectivity index is 1.29. The summed E-state index contributed by atoms with van der Waals surface area (Å²) in [6.07, 6.45) is 15.5. The highest BCUT2D eigenvalue weighted by Gasteiger charge is 2.31. The molecule has 190 valence electrons. The molecule has 2 aromatic rings. The van der Waals surface area contributed by atoms with E-state index in [0.29, 0.717) is 18.1 Å². The number of hydrogen-bond acceptors (Lipinski definition) is 2. The third-order valence-corrected chi connectivity index (χ3v) is 7.95. The molecule has 2 atom stereocenters. The summed E-state index contributed by atoms with van der Waals surface area (Å²) in [4.78, 5) is 0. The van der Waals surface area contributed by atoms with E-state index < -0.39 is 11.6 Å². The van der Waals surface area contributed by atoms with Crippen LogP contribution in [0.15, 0.2) is 48.6 Å². The van der Waals surface area contributed by atoms with Crippen molar-refractivity contribution in [1.29, 1.82) is 0 Å². The van der Waals surface area contributed by atoms with Gasteiger partial charge < -0.3 is 9.47 Å². The molecule has 0 amide bonds. The third-order valence-electron chi connectivity index (χ3n) is 7.95. The Bertz CT molecular complexity index is 953. The molecule has 2 nitrogen and oxygen atoms in total. The zero-order chi connectivity index (χ0) is 24.6. The van der Waals surface area contributed by atoms with Crippen LogP contribution in [0.3, 0.4) is 0 Å². The van der Waals surface area contributed by atoms with Crippen LogP contribution in [-0.4, -0.2) is 13.2 Å². The van der Waals surface area contributed by atoms with Gasteiger partial charge in [-0.2, -0.15) is 4.39 Å². The summed E-state index contributed by atoms with van der Waals surface area (Å²) >= 11 is 0. The lowest BCUT2D eigenvalue weighted by Crippen LogP contribution is -2.29. The molecule has 1 saturated heterocycles. The molecule has 2 aromatic carbocycles. The Labute approximate surface area is 209 Å². The first-order valence-electron chi connectivity index (χ1n) is 13.5. The Hall–Kier alpha value is -2.20. The molecule has 0 spiro atoms. The minimum Gasteiger partial charge on any atom is -0.490 e. The van der Waals surface area contributed by atoms with Crippen molar-refractivity contribution in [2.24, 2.45) is 17.8 Å². The van der Waals surface area contributed by atoms with Gasteiger partial charge in [0.1, 0.15) is 0 Å². The van der Waals surface area contributed by atoms with Gasteiger partial charge >= 0.3 is 0 Å². The first kappa shape index (κ1) is 25.9. The lowest BCUT2D eigenvalue weighted by atomic mass is 9.72. The molecule has 1 heterocycles. The molecule has 2 fully saturated rings. The molecule has 1 aliphatic carbocycles. The van der Waals surface area contributed by atoms with Gasteiger partial charge in [-0.05, 0) is 92.9 Å². The standard InChI is InChI=1S/C31H40F2O2/c1-3-5-6-7-22-8-10-23(11-9-22)26-16-18-28(35-21-26)25-14-12-24(13-15-25)27-17-19-29(34-20-4-2)31(33)30(27)32/h3,5,12-15,17,19,22-23,26,28H,4,6-11,16,18,20-21H2,1-2H3. The molecular formula is C31H40F2O2. The molecular weight excluding hydrogens is 442 g/mol. The van der Waals surface area contributed by atoms with Crippen molar-refractivity contribution in [3.8, 4) is 16.9 Å². The Morgan fingerprint density at radius 1 is 0.914 bits per heavy atom. The summed E-state index contributed by atoms with van der Waals surface area (Å²) in [7, 11) is 0. The summed E-state index contributed by atoms with van der Waals surface area (Å²) in [5.74, 6) is 0.563. The molecule has 2 aliphatic rings.